The minimum atomic E-state index is -0.0864. The largest absolute Gasteiger partial charge is 0.394 e. The van der Waals surface area contributed by atoms with Crippen LogP contribution in [0.3, 0.4) is 0 Å². The molecule has 2 atom stereocenters. The molecule has 0 aliphatic carbocycles. The molecule has 0 saturated carbocycles. The van der Waals surface area contributed by atoms with E-state index >= 15 is 0 Å². The molecule has 1 saturated heterocycles. The third-order valence-electron chi connectivity index (χ3n) is 4.06. The van der Waals surface area contributed by atoms with Crippen molar-refractivity contribution in [2.45, 2.75) is 19.4 Å². The molecule has 3 rings (SSSR count). The average Bonchev–Trinajstić information content (AvgIpc) is 3.16. The summed E-state index contributed by atoms with van der Waals surface area (Å²) in [5.41, 5.74) is 1.41. The summed E-state index contributed by atoms with van der Waals surface area (Å²) in [7, 11) is 0. The molecule has 1 aliphatic heterocycles. The minimum absolute atomic E-state index is 0.00954. The Balaban J connectivity index is 1.79. The van der Waals surface area contributed by atoms with Gasteiger partial charge in [-0.05, 0) is 47.0 Å². The number of rotatable bonds is 3. The van der Waals surface area contributed by atoms with Crippen molar-refractivity contribution in [3.05, 3.63) is 36.2 Å². The van der Waals surface area contributed by atoms with Crippen molar-refractivity contribution < 1.29 is 9.90 Å². The maximum absolute atomic E-state index is 12.5. The van der Waals surface area contributed by atoms with Gasteiger partial charge in [-0.3, -0.25) is 4.79 Å². The predicted octanol–water partition coefficient (Wildman–Crippen LogP) is 0.505. The number of likely N-dealkylation sites (tertiary alicyclic amines) is 1. The summed E-state index contributed by atoms with van der Waals surface area (Å²) in [6, 6.07) is 7.04. The van der Waals surface area contributed by atoms with Crippen molar-refractivity contribution in [1.29, 1.82) is 0 Å². The van der Waals surface area contributed by atoms with Crippen molar-refractivity contribution in [1.82, 2.24) is 25.1 Å². The molecule has 110 valence electrons. The summed E-state index contributed by atoms with van der Waals surface area (Å²) >= 11 is 0. The van der Waals surface area contributed by atoms with Crippen LogP contribution in [0.1, 0.15) is 23.7 Å². The zero-order chi connectivity index (χ0) is 14.8. The lowest BCUT2D eigenvalue weighted by Gasteiger charge is -2.25. The van der Waals surface area contributed by atoms with Crippen LogP contribution in [0.25, 0.3) is 5.69 Å². The van der Waals surface area contributed by atoms with E-state index in [9.17, 15) is 9.90 Å². The maximum Gasteiger partial charge on any atom is 0.254 e. The lowest BCUT2D eigenvalue weighted by atomic mass is 10.0. The first-order chi connectivity index (χ1) is 10.2. The molecule has 0 radical (unpaired) electrons. The Morgan fingerprint density at radius 2 is 2.14 bits per heavy atom. The first-order valence-corrected chi connectivity index (χ1v) is 6.96. The van der Waals surface area contributed by atoms with Crippen LogP contribution < -0.4 is 0 Å². The van der Waals surface area contributed by atoms with Crippen LogP contribution >= 0.6 is 0 Å². The summed E-state index contributed by atoms with van der Waals surface area (Å²) in [5, 5.41) is 20.4. The number of aliphatic hydroxyl groups excluding tert-OH is 1. The van der Waals surface area contributed by atoms with Gasteiger partial charge in [0.25, 0.3) is 5.91 Å². The Bertz CT molecular complexity index is 611. The lowest BCUT2D eigenvalue weighted by Crippen LogP contribution is -2.39. The van der Waals surface area contributed by atoms with E-state index in [1.807, 2.05) is 0 Å². The molecular formula is C14H17N5O2. The zero-order valence-corrected chi connectivity index (χ0v) is 11.8. The van der Waals surface area contributed by atoms with Gasteiger partial charge in [-0.25, -0.2) is 4.68 Å². The van der Waals surface area contributed by atoms with Gasteiger partial charge in [0.15, 0.2) is 0 Å². The second kappa shape index (κ2) is 5.61. The maximum atomic E-state index is 12.5. The van der Waals surface area contributed by atoms with Crippen molar-refractivity contribution in [2.24, 2.45) is 5.92 Å². The smallest absolute Gasteiger partial charge is 0.254 e. The molecule has 1 aliphatic rings. The molecule has 1 N–H and O–H groups in total. The molecule has 0 spiro atoms. The van der Waals surface area contributed by atoms with Gasteiger partial charge < -0.3 is 10.0 Å². The number of aliphatic hydroxyl groups is 1. The number of amides is 1. The second-order valence-corrected chi connectivity index (χ2v) is 5.32. The van der Waals surface area contributed by atoms with E-state index in [1.54, 1.807) is 29.2 Å². The van der Waals surface area contributed by atoms with E-state index < -0.39 is 0 Å². The fourth-order valence-electron chi connectivity index (χ4n) is 2.74. The minimum Gasteiger partial charge on any atom is -0.394 e. The number of tetrazole rings is 1. The molecule has 7 nitrogen and oxygen atoms in total. The standard InChI is InChI=1S/C14H17N5O2/c1-10-6-7-18(13(10)8-20)14(21)11-2-4-12(5-3-11)19-9-15-16-17-19/h2-5,9-10,13,20H,6-8H2,1H3. The molecule has 2 aromatic rings. The fraction of sp³-hybridized carbons (Fsp3) is 0.429. The van der Waals surface area contributed by atoms with Gasteiger partial charge in [0.05, 0.1) is 18.3 Å². The third-order valence-corrected chi connectivity index (χ3v) is 4.06. The monoisotopic (exact) mass is 287 g/mol. The van der Waals surface area contributed by atoms with E-state index in [2.05, 4.69) is 22.4 Å². The van der Waals surface area contributed by atoms with E-state index in [4.69, 9.17) is 0 Å². The Hall–Kier alpha value is -2.28. The number of hydrogen-bond donors (Lipinski definition) is 1. The van der Waals surface area contributed by atoms with Crippen LogP contribution in [0.5, 0.6) is 0 Å². The number of nitrogens with zero attached hydrogens (tertiary/aromatic N) is 5. The number of carbonyl (C=O) groups is 1. The van der Waals surface area contributed by atoms with Gasteiger partial charge in [-0.15, -0.1) is 5.10 Å². The number of aromatic nitrogens is 4. The first kappa shape index (κ1) is 13.7. The number of hydrogen-bond acceptors (Lipinski definition) is 5. The van der Waals surface area contributed by atoms with Crippen molar-refractivity contribution in [3.8, 4) is 5.69 Å². The predicted molar refractivity (Wildman–Crippen MR) is 74.8 cm³/mol. The normalized spacial score (nSPS) is 21.7. The van der Waals surface area contributed by atoms with Crippen LogP contribution in [0.4, 0.5) is 0 Å². The lowest BCUT2D eigenvalue weighted by molar-refractivity contribution is 0.0648. The molecule has 1 aromatic carbocycles. The Kier molecular flexibility index (Phi) is 3.66. The van der Waals surface area contributed by atoms with E-state index in [-0.39, 0.29) is 18.6 Å². The van der Waals surface area contributed by atoms with E-state index in [0.29, 0.717) is 18.0 Å². The molecule has 0 bridgehead atoms. The molecule has 1 amide bonds. The Morgan fingerprint density at radius 1 is 1.38 bits per heavy atom. The Morgan fingerprint density at radius 3 is 2.76 bits per heavy atom. The number of carbonyl (C=O) groups excluding carboxylic acids is 1. The highest BCUT2D eigenvalue weighted by Gasteiger charge is 2.34. The highest BCUT2D eigenvalue weighted by molar-refractivity contribution is 5.94. The van der Waals surface area contributed by atoms with Crippen LogP contribution in [-0.2, 0) is 0 Å². The van der Waals surface area contributed by atoms with Crippen LogP contribution in [-0.4, -0.2) is 55.3 Å². The summed E-state index contributed by atoms with van der Waals surface area (Å²) in [6.45, 7) is 2.77. The molecule has 21 heavy (non-hydrogen) atoms. The molecule has 2 unspecified atom stereocenters. The van der Waals surface area contributed by atoms with Gasteiger partial charge in [0.2, 0.25) is 0 Å². The van der Waals surface area contributed by atoms with Crippen LogP contribution in [0.15, 0.2) is 30.6 Å². The van der Waals surface area contributed by atoms with Crippen molar-refractivity contribution in [3.63, 3.8) is 0 Å². The van der Waals surface area contributed by atoms with Gasteiger partial charge in [0.1, 0.15) is 6.33 Å². The Labute approximate surface area is 122 Å². The quantitative estimate of drug-likeness (QED) is 0.889. The van der Waals surface area contributed by atoms with Crippen molar-refractivity contribution >= 4 is 5.91 Å². The highest BCUT2D eigenvalue weighted by Crippen LogP contribution is 2.25. The highest BCUT2D eigenvalue weighted by atomic mass is 16.3. The van der Waals surface area contributed by atoms with Crippen molar-refractivity contribution in [2.75, 3.05) is 13.2 Å². The summed E-state index contributed by atoms with van der Waals surface area (Å²) in [6.07, 6.45) is 2.43. The summed E-state index contributed by atoms with van der Waals surface area (Å²) < 4.78 is 1.53. The SMILES string of the molecule is CC1CCN(C(=O)c2ccc(-n3cnnn3)cc2)C1CO. The van der Waals surface area contributed by atoms with Gasteiger partial charge in [0, 0.05) is 12.1 Å². The molecule has 2 heterocycles. The fourth-order valence-corrected chi connectivity index (χ4v) is 2.74. The van der Waals surface area contributed by atoms with E-state index in [0.717, 1.165) is 12.1 Å². The second-order valence-electron chi connectivity index (χ2n) is 5.32. The third kappa shape index (κ3) is 2.52. The molecule has 1 fully saturated rings. The van der Waals surface area contributed by atoms with Crippen LogP contribution in [0.2, 0.25) is 0 Å². The summed E-state index contributed by atoms with van der Waals surface area (Å²) in [4.78, 5) is 14.3. The number of benzene rings is 1. The van der Waals surface area contributed by atoms with Crippen LogP contribution in [0, 0.1) is 5.92 Å². The first-order valence-electron chi connectivity index (χ1n) is 6.96. The molecule has 1 aromatic heterocycles. The zero-order valence-electron chi connectivity index (χ0n) is 11.8. The molecular weight excluding hydrogens is 270 g/mol. The molecule has 7 heteroatoms. The van der Waals surface area contributed by atoms with Gasteiger partial charge in [-0.1, -0.05) is 6.92 Å². The topological polar surface area (TPSA) is 84.1 Å². The van der Waals surface area contributed by atoms with Gasteiger partial charge >= 0.3 is 0 Å². The van der Waals surface area contributed by atoms with Gasteiger partial charge in [-0.2, -0.15) is 0 Å². The average molecular weight is 287 g/mol. The van der Waals surface area contributed by atoms with E-state index in [1.165, 1.54) is 11.0 Å². The summed E-state index contributed by atoms with van der Waals surface area (Å²) in [5.74, 6) is 0.293.